The van der Waals surface area contributed by atoms with Gasteiger partial charge in [0, 0.05) is 18.8 Å². The molecule has 0 N–H and O–H groups in total. The van der Waals surface area contributed by atoms with Crippen LogP contribution in [0, 0.1) is 18.3 Å². The summed E-state index contributed by atoms with van der Waals surface area (Å²) in [5.74, 6) is 1.65. The maximum atomic E-state index is 9.15. The standard InChI is InChI=1S/C12H12N6/c1-9-2-3-10(6-13)12(15-9)17-4-5-18-8-14-16-11(18)7-17/h2-3,8H,4-5,7H2,1H3. The second-order valence-corrected chi connectivity index (χ2v) is 4.30. The molecular weight excluding hydrogens is 228 g/mol. The van der Waals surface area contributed by atoms with E-state index in [1.54, 1.807) is 6.33 Å². The number of rotatable bonds is 1. The van der Waals surface area contributed by atoms with Gasteiger partial charge in [0.05, 0.1) is 12.1 Å². The second kappa shape index (κ2) is 4.11. The minimum atomic E-state index is 0.605. The molecule has 0 bridgehead atoms. The fourth-order valence-corrected chi connectivity index (χ4v) is 2.12. The summed E-state index contributed by atoms with van der Waals surface area (Å²) in [7, 11) is 0. The molecule has 0 unspecified atom stereocenters. The van der Waals surface area contributed by atoms with Gasteiger partial charge in [-0.05, 0) is 19.1 Å². The Morgan fingerprint density at radius 2 is 2.22 bits per heavy atom. The maximum absolute atomic E-state index is 9.15. The number of aromatic nitrogens is 4. The van der Waals surface area contributed by atoms with Crippen molar-refractivity contribution in [2.24, 2.45) is 0 Å². The minimum Gasteiger partial charge on any atom is -0.346 e. The molecule has 1 aliphatic heterocycles. The van der Waals surface area contributed by atoms with E-state index in [4.69, 9.17) is 5.26 Å². The molecule has 0 fully saturated rings. The Labute approximate surface area is 105 Å². The Morgan fingerprint density at radius 1 is 1.33 bits per heavy atom. The van der Waals surface area contributed by atoms with Crippen molar-refractivity contribution in [3.8, 4) is 6.07 Å². The Morgan fingerprint density at radius 3 is 3.06 bits per heavy atom. The van der Waals surface area contributed by atoms with Crippen molar-refractivity contribution in [3.63, 3.8) is 0 Å². The van der Waals surface area contributed by atoms with Crippen LogP contribution in [0.5, 0.6) is 0 Å². The quantitative estimate of drug-likeness (QED) is 0.739. The molecule has 6 nitrogen and oxygen atoms in total. The molecule has 0 radical (unpaired) electrons. The van der Waals surface area contributed by atoms with Crippen LogP contribution in [0.1, 0.15) is 17.1 Å². The molecule has 1 aliphatic rings. The highest BCUT2D eigenvalue weighted by Gasteiger charge is 2.20. The van der Waals surface area contributed by atoms with E-state index in [1.165, 1.54) is 0 Å². The van der Waals surface area contributed by atoms with Crippen LogP contribution < -0.4 is 4.90 Å². The van der Waals surface area contributed by atoms with Gasteiger partial charge in [0.25, 0.3) is 0 Å². The summed E-state index contributed by atoms with van der Waals surface area (Å²) in [6, 6.07) is 5.86. The molecule has 0 saturated heterocycles. The molecule has 2 aromatic heterocycles. The normalized spacial score (nSPS) is 14.1. The van der Waals surface area contributed by atoms with Gasteiger partial charge in [-0.3, -0.25) is 0 Å². The zero-order valence-electron chi connectivity index (χ0n) is 10.0. The fourth-order valence-electron chi connectivity index (χ4n) is 2.12. The summed E-state index contributed by atoms with van der Waals surface area (Å²) in [5.41, 5.74) is 1.52. The van der Waals surface area contributed by atoms with E-state index in [0.29, 0.717) is 12.1 Å². The van der Waals surface area contributed by atoms with Crippen molar-refractivity contribution < 1.29 is 0 Å². The summed E-state index contributed by atoms with van der Waals surface area (Å²) in [6.07, 6.45) is 1.74. The van der Waals surface area contributed by atoms with Crippen LogP contribution in [0.15, 0.2) is 18.5 Å². The first-order valence-corrected chi connectivity index (χ1v) is 5.77. The van der Waals surface area contributed by atoms with Gasteiger partial charge in [0.1, 0.15) is 18.2 Å². The first-order valence-electron chi connectivity index (χ1n) is 5.77. The highest BCUT2D eigenvalue weighted by Crippen LogP contribution is 2.21. The molecule has 18 heavy (non-hydrogen) atoms. The van der Waals surface area contributed by atoms with Crippen LogP contribution >= 0.6 is 0 Å². The lowest BCUT2D eigenvalue weighted by molar-refractivity contribution is 0.555. The molecular formula is C12H12N6. The summed E-state index contributed by atoms with van der Waals surface area (Å²) in [4.78, 5) is 6.55. The van der Waals surface area contributed by atoms with E-state index in [9.17, 15) is 0 Å². The van der Waals surface area contributed by atoms with Crippen LogP contribution in [0.3, 0.4) is 0 Å². The Bertz CT molecular complexity index is 624. The van der Waals surface area contributed by atoms with Crippen LogP contribution in [-0.4, -0.2) is 26.3 Å². The lowest BCUT2D eigenvalue weighted by Crippen LogP contribution is -2.34. The van der Waals surface area contributed by atoms with Gasteiger partial charge in [-0.1, -0.05) is 0 Å². The third-order valence-corrected chi connectivity index (χ3v) is 3.07. The van der Waals surface area contributed by atoms with Crippen LogP contribution in [0.2, 0.25) is 0 Å². The van der Waals surface area contributed by atoms with E-state index in [2.05, 4.69) is 26.2 Å². The van der Waals surface area contributed by atoms with Gasteiger partial charge < -0.3 is 9.47 Å². The lowest BCUT2D eigenvalue weighted by atomic mass is 10.2. The topological polar surface area (TPSA) is 70.6 Å². The molecule has 90 valence electrons. The van der Waals surface area contributed by atoms with E-state index in [-0.39, 0.29) is 0 Å². The van der Waals surface area contributed by atoms with E-state index >= 15 is 0 Å². The predicted octanol–water partition coefficient (Wildman–Crippen LogP) is 0.873. The minimum absolute atomic E-state index is 0.605. The highest BCUT2D eigenvalue weighted by molar-refractivity contribution is 5.54. The molecule has 0 saturated carbocycles. The largest absolute Gasteiger partial charge is 0.346 e. The van der Waals surface area contributed by atoms with Crippen molar-refractivity contribution in [2.75, 3.05) is 11.4 Å². The molecule has 0 amide bonds. The van der Waals surface area contributed by atoms with Crippen LogP contribution in [0.25, 0.3) is 0 Å². The fraction of sp³-hybridized carbons (Fsp3) is 0.333. The average Bonchev–Trinajstić information content (AvgIpc) is 2.85. The molecule has 0 spiro atoms. The number of nitriles is 1. The number of pyridine rings is 1. The Kier molecular flexibility index (Phi) is 2.45. The zero-order valence-corrected chi connectivity index (χ0v) is 10.0. The van der Waals surface area contributed by atoms with E-state index in [1.807, 2.05) is 23.6 Å². The molecule has 2 aromatic rings. The van der Waals surface area contributed by atoms with E-state index < -0.39 is 0 Å². The second-order valence-electron chi connectivity index (χ2n) is 4.30. The lowest BCUT2D eigenvalue weighted by Gasteiger charge is -2.28. The molecule has 0 aromatic carbocycles. The SMILES string of the molecule is Cc1ccc(C#N)c(N2CCn3cnnc3C2)n1. The third-order valence-electron chi connectivity index (χ3n) is 3.07. The first kappa shape index (κ1) is 10.7. The number of fused-ring (bicyclic) bond motifs is 1. The van der Waals surface area contributed by atoms with E-state index in [0.717, 1.165) is 30.4 Å². The Balaban J connectivity index is 1.98. The van der Waals surface area contributed by atoms with Gasteiger partial charge in [-0.2, -0.15) is 5.26 Å². The number of hydrogen-bond donors (Lipinski definition) is 0. The van der Waals surface area contributed by atoms with Crippen molar-refractivity contribution in [1.29, 1.82) is 5.26 Å². The molecule has 3 rings (SSSR count). The predicted molar refractivity (Wildman–Crippen MR) is 64.8 cm³/mol. The monoisotopic (exact) mass is 240 g/mol. The third kappa shape index (κ3) is 1.70. The number of nitrogens with zero attached hydrogens (tertiary/aromatic N) is 6. The summed E-state index contributed by atoms with van der Waals surface area (Å²) >= 11 is 0. The zero-order chi connectivity index (χ0) is 12.5. The number of hydrogen-bond acceptors (Lipinski definition) is 5. The van der Waals surface area contributed by atoms with Crippen molar-refractivity contribution >= 4 is 5.82 Å². The smallest absolute Gasteiger partial charge is 0.152 e. The van der Waals surface area contributed by atoms with Crippen molar-refractivity contribution in [1.82, 2.24) is 19.7 Å². The van der Waals surface area contributed by atoms with Gasteiger partial charge in [-0.25, -0.2) is 4.98 Å². The van der Waals surface area contributed by atoms with Crippen LogP contribution in [-0.2, 0) is 13.1 Å². The number of anilines is 1. The molecule has 3 heterocycles. The van der Waals surface area contributed by atoms with Gasteiger partial charge in [-0.15, -0.1) is 10.2 Å². The van der Waals surface area contributed by atoms with Gasteiger partial charge in [0.2, 0.25) is 0 Å². The van der Waals surface area contributed by atoms with Crippen LogP contribution in [0.4, 0.5) is 5.82 Å². The van der Waals surface area contributed by atoms with Gasteiger partial charge in [0.15, 0.2) is 5.82 Å². The molecule has 0 aliphatic carbocycles. The summed E-state index contributed by atoms with van der Waals surface area (Å²) in [5, 5.41) is 17.1. The van der Waals surface area contributed by atoms with Crippen molar-refractivity contribution in [2.45, 2.75) is 20.0 Å². The summed E-state index contributed by atoms with van der Waals surface area (Å²) < 4.78 is 2.03. The Hall–Kier alpha value is -2.42. The first-order chi connectivity index (χ1) is 8.78. The number of aryl methyl sites for hydroxylation is 1. The average molecular weight is 240 g/mol. The molecule has 0 atom stereocenters. The summed E-state index contributed by atoms with van der Waals surface area (Å²) in [6.45, 7) is 4.21. The maximum Gasteiger partial charge on any atom is 0.152 e. The van der Waals surface area contributed by atoms with Gasteiger partial charge >= 0.3 is 0 Å². The highest BCUT2D eigenvalue weighted by atomic mass is 15.3. The molecule has 6 heteroatoms. The van der Waals surface area contributed by atoms with Crippen molar-refractivity contribution in [3.05, 3.63) is 35.5 Å².